The average molecular weight is 242 g/mol. The summed E-state index contributed by atoms with van der Waals surface area (Å²) in [5, 5.41) is 0. The Bertz CT molecular complexity index is 69.1. The lowest BCUT2D eigenvalue weighted by Gasteiger charge is -1.93. The monoisotopic (exact) mass is 242 g/mol. The Kier molecular flexibility index (Phi) is 6.55. The van der Waals surface area contributed by atoms with E-state index in [-0.39, 0.29) is 0 Å². The van der Waals surface area contributed by atoms with Gasteiger partial charge in [-0.1, -0.05) is 6.82 Å². The van der Waals surface area contributed by atoms with Gasteiger partial charge >= 0.3 is 0 Å². The van der Waals surface area contributed by atoms with E-state index in [1.54, 1.807) is 0 Å². The molecule has 0 N–H and O–H groups in total. The van der Waals surface area contributed by atoms with Crippen LogP contribution in [0.25, 0.3) is 0 Å². The summed E-state index contributed by atoms with van der Waals surface area (Å²) in [6.07, 6.45) is 1.66. The highest BCUT2D eigenvalue weighted by atomic mass is 127. The summed E-state index contributed by atoms with van der Waals surface area (Å²) in [6, 6.07) is 0. The molecule has 0 atom stereocenters. The lowest BCUT2D eigenvalue weighted by molar-refractivity contribution is -0.107. The second-order valence-corrected chi connectivity index (χ2v) is 5.53. The van der Waals surface area contributed by atoms with E-state index < -0.39 is 0 Å². The summed E-state index contributed by atoms with van der Waals surface area (Å²) in [5.41, 5.74) is 0. The Morgan fingerprint density at radius 3 is 2.88 bits per heavy atom. The highest BCUT2D eigenvalue weighted by Gasteiger charge is 1.98. The van der Waals surface area contributed by atoms with E-state index in [2.05, 4.69) is 29.2 Å². The maximum atomic E-state index is 9.77. The zero-order valence-corrected chi connectivity index (χ0v) is 7.74. The van der Waals surface area contributed by atoms with Gasteiger partial charge in [0.25, 0.3) is 3.85 Å². The first-order valence-electron chi connectivity index (χ1n) is 2.46. The van der Waals surface area contributed by atoms with Crippen LogP contribution in [0.3, 0.4) is 0 Å². The van der Waals surface area contributed by atoms with Crippen molar-refractivity contribution >= 4 is 44.1 Å². The summed E-state index contributed by atoms with van der Waals surface area (Å²) >= 11 is 4.14. The Hall–Kier alpha value is 0.815. The van der Waals surface area contributed by atoms with Crippen LogP contribution in [0.15, 0.2) is 0 Å². The van der Waals surface area contributed by atoms with E-state index in [4.69, 9.17) is 0 Å². The number of hydrogen-bond acceptors (Lipinski definition) is 2. The zero-order valence-electron chi connectivity index (χ0n) is 4.76. The molecular formula is C4H8BIOS. The predicted octanol–water partition coefficient (Wildman–Crippen LogP) is 1.86. The molecule has 0 aliphatic rings. The van der Waals surface area contributed by atoms with Crippen LogP contribution in [0.2, 0.25) is 6.82 Å². The van der Waals surface area contributed by atoms with Crippen molar-refractivity contribution < 1.29 is 4.79 Å². The van der Waals surface area contributed by atoms with E-state index in [1.807, 2.05) is 11.6 Å². The van der Waals surface area contributed by atoms with Gasteiger partial charge in [-0.05, 0) is 5.75 Å². The Morgan fingerprint density at radius 1 is 1.88 bits per heavy atom. The summed E-state index contributed by atoms with van der Waals surface area (Å²) in [6.45, 7) is 2.12. The molecule has 0 aromatic carbocycles. The Morgan fingerprint density at radius 2 is 2.50 bits per heavy atom. The van der Waals surface area contributed by atoms with Gasteiger partial charge in [-0.15, -0.1) is 22.4 Å². The molecule has 0 saturated heterocycles. The van der Waals surface area contributed by atoms with Gasteiger partial charge in [-0.3, -0.25) is 0 Å². The van der Waals surface area contributed by atoms with Crippen LogP contribution in [0.5, 0.6) is 0 Å². The molecule has 1 nitrogen and oxygen atoms in total. The predicted molar refractivity (Wildman–Crippen MR) is 48.8 cm³/mol. The van der Waals surface area contributed by atoms with Gasteiger partial charge in [-0.2, -0.15) is 11.6 Å². The normalized spacial score (nSPS) is 8.75. The third kappa shape index (κ3) is 6.81. The fraction of sp³-hybridized carbons (Fsp3) is 0.750. The largest absolute Gasteiger partial charge is 0.303 e. The average Bonchev–Trinajstić information content (AvgIpc) is 1.66. The van der Waals surface area contributed by atoms with Crippen LogP contribution < -0.4 is 0 Å². The number of carbonyl (C=O) groups is 1. The first-order valence-corrected chi connectivity index (χ1v) is 4.76. The quantitative estimate of drug-likeness (QED) is 0.324. The molecular weight excluding hydrogens is 234 g/mol. The second-order valence-electron chi connectivity index (χ2n) is 1.37. The maximum absolute atomic E-state index is 9.77. The summed E-state index contributed by atoms with van der Waals surface area (Å²) in [4.78, 5) is 9.77. The standard InChI is InChI=1S/C4H8BIOS/c1-5(6)8-4-2-3-7/h3H,2,4H2,1H3. The van der Waals surface area contributed by atoms with Gasteiger partial charge in [0, 0.05) is 6.42 Å². The van der Waals surface area contributed by atoms with Crippen LogP contribution in [-0.2, 0) is 4.79 Å². The third-order valence-corrected chi connectivity index (χ3v) is 2.59. The topological polar surface area (TPSA) is 17.1 Å². The van der Waals surface area contributed by atoms with E-state index in [9.17, 15) is 4.79 Å². The first-order chi connectivity index (χ1) is 3.77. The number of aldehydes is 1. The van der Waals surface area contributed by atoms with Crippen LogP contribution in [-0.4, -0.2) is 15.9 Å². The minimum atomic E-state index is 0.632. The fourth-order valence-corrected chi connectivity index (χ4v) is 1.60. The SMILES string of the molecule is CB(I)SCCC=O. The van der Waals surface area contributed by atoms with Crippen LogP contribution >= 0.6 is 34.0 Å². The lowest BCUT2D eigenvalue weighted by atomic mass is 10.2. The molecule has 0 aromatic heterocycles. The molecule has 0 spiro atoms. The van der Waals surface area contributed by atoms with Crippen molar-refractivity contribution in [3.63, 3.8) is 0 Å². The van der Waals surface area contributed by atoms with E-state index in [1.165, 1.54) is 0 Å². The van der Waals surface area contributed by atoms with Crippen molar-refractivity contribution in [3.05, 3.63) is 0 Å². The number of halogens is 1. The molecule has 0 radical (unpaired) electrons. The van der Waals surface area contributed by atoms with Gasteiger partial charge in [-0.25, -0.2) is 0 Å². The van der Waals surface area contributed by atoms with Crippen molar-refractivity contribution in [2.24, 2.45) is 0 Å². The van der Waals surface area contributed by atoms with Crippen molar-refractivity contribution in [1.29, 1.82) is 0 Å². The molecule has 0 fully saturated rings. The lowest BCUT2D eigenvalue weighted by Crippen LogP contribution is -1.90. The van der Waals surface area contributed by atoms with Crippen molar-refractivity contribution in [2.75, 3.05) is 5.75 Å². The molecule has 0 aromatic rings. The van der Waals surface area contributed by atoms with E-state index in [0.717, 1.165) is 12.0 Å². The van der Waals surface area contributed by atoms with Crippen molar-refractivity contribution in [1.82, 2.24) is 0 Å². The summed E-state index contributed by atoms with van der Waals surface area (Å²) in [7, 11) is 0. The van der Waals surface area contributed by atoms with E-state index >= 15 is 0 Å². The highest BCUT2D eigenvalue weighted by molar-refractivity contribution is 14.1. The fourth-order valence-electron chi connectivity index (χ4n) is 0.279. The molecule has 46 valence electrons. The molecule has 4 heteroatoms. The number of hydrogen-bond donors (Lipinski definition) is 0. The molecule has 0 aliphatic heterocycles. The number of rotatable bonds is 4. The zero-order chi connectivity index (χ0) is 6.41. The smallest absolute Gasteiger partial charge is 0.278 e. The van der Waals surface area contributed by atoms with Gasteiger partial charge in [0.1, 0.15) is 6.29 Å². The minimum absolute atomic E-state index is 0.632. The van der Waals surface area contributed by atoms with Crippen LogP contribution in [0.4, 0.5) is 0 Å². The van der Waals surface area contributed by atoms with Crippen molar-refractivity contribution in [3.8, 4) is 0 Å². The number of carbonyl (C=O) groups excluding carboxylic acids is 1. The van der Waals surface area contributed by atoms with Gasteiger partial charge in [0.2, 0.25) is 0 Å². The molecule has 0 heterocycles. The molecule has 0 bridgehead atoms. The molecule has 0 amide bonds. The Balaban J connectivity index is 2.81. The van der Waals surface area contributed by atoms with Gasteiger partial charge in [0.15, 0.2) is 0 Å². The molecule has 0 unspecified atom stereocenters. The summed E-state index contributed by atoms with van der Waals surface area (Å²) < 4.78 is 0.632. The van der Waals surface area contributed by atoms with Crippen LogP contribution in [0, 0.1) is 0 Å². The van der Waals surface area contributed by atoms with E-state index in [0.29, 0.717) is 10.3 Å². The molecule has 8 heavy (non-hydrogen) atoms. The molecule has 0 saturated carbocycles. The molecule has 0 aliphatic carbocycles. The Labute approximate surface area is 67.8 Å². The van der Waals surface area contributed by atoms with Crippen LogP contribution in [0.1, 0.15) is 6.42 Å². The summed E-state index contributed by atoms with van der Waals surface area (Å²) in [5.74, 6) is 0.966. The minimum Gasteiger partial charge on any atom is -0.303 e. The van der Waals surface area contributed by atoms with Gasteiger partial charge < -0.3 is 4.79 Å². The maximum Gasteiger partial charge on any atom is 0.278 e. The third-order valence-electron chi connectivity index (χ3n) is 0.583. The first kappa shape index (κ1) is 8.81. The van der Waals surface area contributed by atoms with Crippen molar-refractivity contribution in [2.45, 2.75) is 13.2 Å². The second kappa shape index (κ2) is 5.94. The van der Waals surface area contributed by atoms with Gasteiger partial charge in [0.05, 0.1) is 0 Å². The highest BCUT2D eigenvalue weighted by Crippen LogP contribution is 2.12. The molecule has 0 rings (SSSR count).